The average molecular weight is 309 g/mol. The molecule has 0 spiro atoms. The number of amides is 2. The van der Waals surface area contributed by atoms with Crippen LogP contribution in [0.25, 0.3) is 0 Å². The van der Waals surface area contributed by atoms with Gasteiger partial charge in [0.05, 0.1) is 19.0 Å². The lowest BCUT2D eigenvalue weighted by Gasteiger charge is -2.30. The van der Waals surface area contributed by atoms with Gasteiger partial charge in [-0.15, -0.1) is 0 Å². The van der Waals surface area contributed by atoms with Crippen molar-refractivity contribution in [2.75, 3.05) is 19.6 Å². The van der Waals surface area contributed by atoms with E-state index in [0.717, 1.165) is 19.4 Å². The first-order valence-corrected chi connectivity index (χ1v) is 7.06. The molecule has 1 aromatic heterocycles. The van der Waals surface area contributed by atoms with Gasteiger partial charge in [0.25, 0.3) is 0 Å². The fraction of sp³-hybridized carbons (Fsp3) is 0.500. The second-order valence-corrected chi connectivity index (χ2v) is 5.33. The van der Waals surface area contributed by atoms with Gasteiger partial charge in [0.15, 0.2) is 0 Å². The monoisotopic (exact) mass is 309 g/mol. The van der Waals surface area contributed by atoms with Gasteiger partial charge in [0, 0.05) is 6.54 Å². The minimum Gasteiger partial charge on any atom is -0.475 e. The Morgan fingerprint density at radius 3 is 2.82 bits per heavy atom. The average Bonchev–Trinajstić information content (AvgIpc) is 2.93. The molecule has 2 heterocycles. The van der Waals surface area contributed by atoms with Gasteiger partial charge in [-0.1, -0.05) is 0 Å². The minimum atomic E-state index is -1.15. The number of carbonyl (C=O) groups excluding carboxylic acids is 2. The first kappa shape index (κ1) is 16.0. The molecule has 1 fully saturated rings. The molecule has 1 saturated heterocycles. The summed E-state index contributed by atoms with van der Waals surface area (Å²) in [6.45, 7) is 1.54. The van der Waals surface area contributed by atoms with Crippen molar-refractivity contribution in [1.29, 1.82) is 0 Å². The smallest absolute Gasteiger partial charge is 0.371 e. The summed E-state index contributed by atoms with van der Waals surface area (Å²) in [6.07, 6.45) is 1.58. The van der Waals surface area contributed by atoms with Crippen molar-refractivity contribution in [3.8, 4) is 0 Å². The molecule has 1 aromatic rings. The van der Waals surface area contributed by atoms with Crippen molar-refractivity contribution >= 4 is 17.8 Å². The number of likely N-dealkylation sites (tertiary alicyclic amines) is 1. The summed E-state index contributed by atoms with van der Waals surface area (Å²) in [5.74, 6) is -1.67. The fourth-order valence-corrected chi connectivity index (χ4v) is 2.54. The zero-order chi connectivity index (χ0) is 16.1. The van der Waals surface area contributed by atoms with E-state index in [4.69, 9.17) is 15.3 Å². The molecule has 0 unspecified atom stereocenters. The van der Waals surface area contributed by atoms with Crippen LogP contribution in [0.3, 0.4) is 0 Å². The lowest BCUT2D eigenvalue weighted by molar-refractivity contribution is -0.128. The number of nitrogens with zero attached hydrogens (tertiary/aromatic N) is 1. The number of primary amides is 1. The number of aromatic carboxylic acids is 1. The van der Waals surface area contributed by atoms with Crippen LogP contribution >= 0.6 is 0 Å². The summed E-state index contributed by atoms with van der Waals surface area (Å²) in [6, 6.07) is 2.86. The molecule has 0 radical (unpaired) electrons. The summed E-state index contributed by atoms with van der Waals surface area (Å²) in [4.78, 5) is 35.6. The van der Waals surface area contributed by atoms with Crippen molar-refractivity contribution in [2.24, 2.45) is 11.7 Å². The van der Waals surface area contributed by atoms with Crippen molar-refractivity contribution in [1.82, 2.24) is 10.2 Å². The largest absolute Gasteiger partial charge is 0.475 e. The predicted octanol–water partition coefficient (Wildman–Crippen LogP) is -0.209. The van der Waals surface area contributed by atoms with Crippen LogP contribution in [0.5, 0.6) is 0 Å². The molecule has 0 bridgehead atoms. The lowest BCUT2D eigenvalue weighted by atomic mass is 9.97. The summed E-state index contributed by atoms with van der Waals surface area (Å²) in [7, 11) is 0. The van der Waals surface area contributed by atoms with E-state index in [-0.39, 0.29) is 30.7 Å². The lowest BCUT2D eigenvalue weighted by Crippen LogP contribution is -2.45. The van der Waals surface area contributed by atoms with Crippen LogP contribution in [-0.4, -0.2) is 47.4 Å². The van der Waals surface area contributed by atoms with Crippen LogP contribution in [0.4, 0.5) is 0 Å². The molecule has 8 heteroatoms. The Balaban J connectivity index is 1.83. The molecule has 4 N–H and O–H groups in total. The van der Waals surface area contributed by atoms with Gasteiger partial charge < -0.3 is 20.6 Å². The second-order valence-electron chi connectivity index (χ2n) is 5.33. The number of piperidine rings is 1. The molecular formula is C14H19N3O5. The zero-order valence-electron chi connectivity index (χ0n) is 12.1. The predicted molar refractivity (Wildman–Crippen MR) is 75.9 cm³/mol. The van der Waals surface area contributed by atoms with Crippen LogP contribution < -0.4 is 11.1 Å². The Bertz CT molecular complexity index is 569. The van der Waals surface area contributed by atoms with Gasteiger partial charge in [0.2, 0.25) is 17.6 Å². The van der Waals surface area contributed by atoms with Crippen molar-refractivity contribution in [3.05, 3.63) is 23.7 Å². The zero-order valence-corrected chi connectivity index (χ0v) is 12.1. The Kier molecular flexibility index (Phi) is 5.16. The third-order valence-electron chi connectivity index (χ3n) is 3.57. The first-order chi connectivity index (χ1) is 10.5. The summed E-state index contributed by atoms with van der Waals surface area (Å²) < 4.78 is 5.07. The van der Waals surface area contributed by atoms with E-state index in [9.17, 15) is 14.4 Å². The SMILES string of the molecule is NC(=O)CN1CCC[C@H](C(=O)NCc2ccc(C(=O)O)o2)C1. The topological polar surface area (TPSA) is 126 Å². The third kappa shape index (κ3) is 4.32. The molecule has 8 nitrogen and oxygen atoms in total. The highest BCUT2D eigenvalue weighted by molar-refractivity contribution is 5.84. The number of nitrogens with one attached hydrogen (secondary N) is 1. The molecule has 2 amide bonds. The van der Waals surface area contributed by atoms with Crippen molar-refractivity contribution in [3.63, 3.8) is 0 Å². The van der Waals surface area contributed by atoms with Crippen LogP contribution in [0.2, 0.25) is 0 Å². The molecule has 0 aliphatic carbocycles. The number of rotatable bonds is 6. The maximum absolute atomic E-state index is 12.1. The molecule has 0 saturated carbocycles. The van der Waals surface area contributed by atoms with Gasteiger partial charge in [0.1, 0.15) is 5.76 Å². The number of carboxylic acid groups (broad SMARTS) is 1. The van der Waals surface area contributed by atoms with E-state index in [0.29, 0.717) is 12.3 Å². The standard InChI is InChI=1S/C14H19N3O5/c15-12(18)8-17-5-1-2-9(7-17)13(19)16-6-10-3-4-11(22-10)14(20)21/h3-4,9H,1-2,5-8H2,(H2,15,18)(H,16,19)(H,20,21)/t9-/m0/s1. The number of furan rings is 1. The minimum absolute atomic E-state index is 0.137. The quantitative estimate of drug-likeness (QED) is 0.667. The molecule has 22 heavy (non-hydrogen) atoms. The normalized spacial score (nSPS) is 18.8. The maximum Gasteiger partial charge on any atom is 0.371 e. The van der Waals surface area contributed by atoms with Gasteiger partial charge in [-0.25, -0.2) is 4.79 Å². The Morgan fingerprint density at radius 1 is 1.41 bits per heavy atom. The summed E-state index contributed by atoms with van der Waals surface area (Å²) in [5.41, 5.74) is 5.16. The number of hydrogen-bond acceptors (Lipinski definition) is 5. The summed E-state index contributed by atoms with van der Waals surface area (Å²) in [5, 5.41) is 11.5. The third-order valence-corrected chi connectivity index (χ3v) is 3.57. The fourth-order valence-electron chi connectivity index (χ4n) is 2.54. The number of nitrogens with two attached hydrogens (primary N) is 1. The van der Waals surface area contributed by atoms with Gasteiger partial charge in [-0.3, -0.25) is 14.5 Å². The van der Waals surface area contributed by atoms with Crippen LogP contribution in [-0.2, 0) is 16.1 Å². The van der Waals surface area contributed by atoms with E-state index in [2.05, 4.69) is 5.32 Å². The molecule has 120 valence electrons. The number of carboxylic acids is 1. The van der Waals surface area contributed by atoms with E-state index in [1.54, 1.807) is 0 Å². The summed E-state index contributed by atoms with van der Waals surface area (Å²) >= 11 is 0. The van der Waals surface area contributed by atoms with E-state index in [1.807, 2.05) is 4.90 Å². The highest BCUT2D eigenvalue weighted by Gasteiger charge is 2.26. The van der Waals surface area contributed by atoms with E-state index in [1.165, 1.54) is 12.1 Å². The van der Waals surface area contributed by atoms with Gasteiger partial charge in [-0.05, 0) is 31.5 Å². The molecule has 1 aliphatic rings. The molecule has 1 aliphatic heterocycles. The van der Waals surface area contributed by atoms with Gasteiger partial charge >= 0.3 is 5.97 Å². The van der Waals surface area contributed by atoms with Crippen molar-refractivity contribution < 1.29 is 23.9 Å². The Labute approximate surface area is 127 Å². The highest BCUT2D eigenvalue weighted by atomic mass is 16.4. The Morgan fingerprint density at radius 2 is 2.18 bits per heavy atom. The molecular weight excluding hydrogens is 290 g/mol. The van der Waals surface area contributed by atoms with E-state index >= 15 is 0 Å². The number of hydrogen-bond donors (Lipinski definition) is 3. The van der Waals surface area contributed by atoms with Crippen LogP contribution in [0, 0.1) is 5.92 Å². The highest BCUT2D eigenvalue weighted by Crippen LogP contribution is 2.16. The number of carbonyl (C=O) groups is 3. The Hall–Kier alpha value is -2.35. The molecule has 2 rings (SSSR count). The van der Waals surface area contributed by atoms with Crippen LogP contribution in [0.15, 0.2) is 16.5 Å². The van der Waals surface area contributed by atoms with Gasteiger partial charge in [-0.2, -0.15) is 0 Å². The van der Waals surface area contributed by atoms with Crippen molar-refractivity contribution in [2.45, 2.75) is 19.4 Å². The first-order valence-electron chi connectivity index (χ1n) is 7.06. The molecule has 1 atom stereocenters. The second kappa shape index (κ2) is 7.08. The maximum atomic E-state index is 12.1. The molecule has 0 aromatic carbocycles. The van der Waals surface area contributed by atoms with Crippen LogP contribution in [0.1, 0.15) is 29.2 Å². The van der Waals surface area contributed by atoms with E-state index < -0.39 is 11.9 Å².